The molecule has 1 heterocycles. The Kier molecular flexibility index (Phi) is 4.26. The number of thiophene rings is 1. The molecule has 2 aromatic carbocycles. The van der Waals surface area contributed by atoms with Crippen LogP contribution in [-0.4, -0.2) is 10.7 Å². The number of non-ortho nitro benzene ring substituents is 1. The number of ketones is 1. The number of para-hydroxylation sites is 1. The van der Waals surface area contributed by atoms with Crippen molar-refractivity contribution >= 4 is 39.2 Å². The molecule has 7 heteroatoms. The van der Waals surface area contributed by atoms with Gasteiger partial charge in [-0.2, -0.15) is 0 Å². The average molecular weight is 339 g/mol. The third-order valence-corrected chi connectivity index (χ3v) is 4.39. The van der Waals surface area contributed by atoms with Crippen molar-refractivity contribution in [2.45, 2.75) is 0 Å². The third kappa shape index (κ3) is 3.26. The fourth-order valence-electron chi connectivity index (χ4n) is 2.20. The van der Waals surface area contributed by atoms with Crippen LogP contribution in [0.1, 0.15) is 15.2 Å². The first-order valence-electron chi connectivity index (χ1n) is 7.05. The van der Waals surface area contributed by atoms with Gasteiger partial charge in [0.2, 0.25) is 5.78 Å². The quantitative estimate of drug-likeness (QED) is 0.412. The first-order valence-corrected chi connectivity index (χ1v) is 7.87. The van der Waals surface area contributed by atoms with E-state index < -0.39 is 4.92 Å². The van der Waals surface area contributed by atoms with Crippen molar-refractivity contribution in [3.05, 3.63) is 81.2 Å². The minimum absolute atomic E-state index is 0.126. The highest BCUT2D eigenvalue weighted by atomic mass is 32.1. The van der Waals surface area contributed by atoms with Gasteiger partial charge in [-0.1, -0.05) is 30.3 Å². The molecule has 3 aromatic rings. The lowest BCUT2D eigenvalue weighted by atomic mass is 10.1. The monoisotopic (exact) mass is 339 g/mol. The zero-order valence-electron chi connectivity index (χ0n) is 12.4. The summed E-state index contributed by atoms with van der Waals surface area (Å²) >= 11 is 1.22. The van der Waals surface area contributed by atoms with Gasteiger partial charge in [0.15, 0.2) is 0 Å². The van der Waals surface area contributed by atoms with Gasteiger partial charge in [0.25, 0.3) is 5.69 Å². The van der Waals surface area contributed by atoms with Gasteiger partial charge in [-0.3, -0.25) is 14.9 Å². The van der Waals surface area contributed by atoms with E-state index in [0.29, 0.717) is 10.6 Å². The van der Waals surface area contributed by atoms with Gasteiger partial charge in [0.05, 0.1) is 15.6 Å². The Morgan fingerprint density at radius 3 is 2.54 bits per heavy atom. The molecule has 0 bridgehead atoms. The number of nitrogen functional groups attached to an aromatic ring is 1. The molecule has 0 amide bonds. The van der Waals surface area contributed by atoms with Crippen LogP contribution >= 0.6 is 11.3 Å². The Morgan fingerprint density at radius 1 is 1.08 bits per heavy atom. The Balaban J connectivity index is 1.88. The van der Waals surface area contributed by atoms with Crippen LogP contribution in [0, 0.1) is 10.1 Å². The SMILES string of the molecule is Nc1cc(Nc2ccccc2)sc1C(=O)c1cccc([N+](=O)[O-])c1. The summed E-state index contributed by atoms with van der Waals surface area (Å²) in [7, 11) is 0. The Morgan fingerprint density at radius 2 is 1.83 bits per heavy atom. The number of rotatable bonds is 5. The van der Waals surface area contributed by atoms with Crippen molar-refractivity contribution in [1.82, 2.24) is 0 Å². The highest BCUT2D eigenvalue weighted by Crippen LogP contribution is 2.33. The Bertz CT molecular complexity index is 906. The number of nitrogens with two attached hydrogens (primary N) is 1. The summed E-state index contributed by atoms with van der Waals surface area (Å²) in [5, 5.41) is 14.8. The molecule has 3 N–H and O–H groups in total. The second-order valence-electron chi connectivity index (χ2n) is 5.02. The van der Waals surface area contributed by atoms with Crippen molar-refractivity contribution < 1.29 is 9.72 Å². The van der Waals surface area contributed by atoms with Crippen LogP contribution < -0.4 is 11.1 Å². The summed E-state index contributed by atoms with van der Waals surface area (Å²) in [5.74, 6) is -0.331. The fraction of sp³-hybridized carbons (Fsp3) is 0. The largest absolute Gasteiger partial charge is 0.397 e. The van der Waals surface area contributed by atoms with Gasteiger partial charge in [-0.15, -0.1) is 11.3 Å². The maximum atomic E-state index is 12.6. The second kappa shape index (κ2) is 6.51. The van der Waals surface area contributed by atoms with Crippen molar-refractivity contribution in [2.24, 2.45) is 0 Å². The van der Waals surface area contributed by atoms with E-state index >= 15 is 0 Å². The predicted molar refractivity (Wildman–Crippen MR) is 95.0 cm³/mol. The summed E-state index contributed by atoms with van der Waals surface area (Å²) in [6, 6.07) is 16.8. The Labute approximate surface area is 141 Å². The predicted octanol–water partition coefficient (Wildman–Crippen LogP) is 4.21. The van der Waals surface area contributed by atoms with Gasteiger partial charge in [0, 0.05) is 23.4 Å². The maximum absolute atomic E-state index is 12.6. The molecule has 0 aliphatic carbocycles. The van der Waals surface area contributed by atoms with E-state index in [1.165, 1.54) is 29.5 Å². The smallest absolute Gasteiger partial charge is 0.270 e. The zero-order chi connectivity index (χ0) is 17.1. The number of hydrogen-bond acceptors (Lipinski definition) is 6. The summed E-state index contributed by atoms with van der Waals surface area (Å²) in [4.78, 5) is 23.3. The molecule has 0 fully saturated rings. The van der Waals surface area contributed by atoms with Gasteiger partial charge in [0.1, 0.15) is 4.88 Å². The molecule has 0 atom stereocenters. The lowest BCUT2D eigenvalue weighted by molar-refractivity contribution is -0.384. The van der Waals surface area contributed by atoms with E-state index in [9.17, 15) is 14.9 Å². The van der Waals surface area contributed by atoms with Crippen LogP contribution in [0.25, 0.3) is 0 Å². The fourth-order valence-corrected chi connectivity index (χ4v) is 3.16. The van der Waals surface area contributed by atoms with Crippen LogP contribution in [0.4, 0.5) is 22.1 Å². The van der Waals surface area contributed by atoms with Gasteiger partial charge < -0.3 is 11.1 Å². The van der Waals surface area contributed by atoms with E-state index in [-0.39, 0.29) is 17.0 Å². The highest BCUT2D eigenvalue weighted by molar-refractivity contribution is 7.18. The molecule has 3 rings (SSSR count). The molecule has 6 nitrogen and oxygen atoms in total. The van der Waals surface area contributed by atoms with Gasteiger partial charge in [-0.25, -0.2) is 0 Å². The first-order chi connectivity index (χ1) is 11.5. The van der Waals surface area contributed by atoms with E-state index in [0.717, 1.165) is 10.7 Å². The number of nitrogens with zero attached hydrogens (tertiary/aromatic N) is 1. The molecule has 24 heavy (non-hydrogen) atoms. The van der Waals surface area contributed by atoms with Gasteiger partial charge in [-0.05, 0) is 18.2 Å². The molecular formula is C17H13N3O3S. The van der Waals surface area contributed by atoms with E-state index in [2.05, 4.69) is 5.32 Å². The van der Waals surface area contributed by atoms with Crippen LogP contribution in [0.3, 0.4) is 0 Å². The molecule has 0 aliphatic heterocycles. The standard InChI is InChI=1S/C17H13N3O3S/c18-14-10-15(19-12-6-2-1-3-7-12)24-17(14)16(21)11-5-4-8-13(9-11)20(22)23/h1-10,19H,18H2. The summed E-state index contributed by atoms with van der Waals surface area (Å²) in [5.41, 5.74) is 7.29. The molecular weight excluding hydrogens is 326 g/mol. The lowest BCUT2D eigenvalue weighted by Gasteiger charge is -2.02. The third-order valence-electron chi connectivity index (χ3n) is 3.33. The van der Waals surface area contributed by atoms with Crippen molar-refractivity contribution in [3.63, 3.8) is 0 Å². The molecule has 120 valence electrons. The normalized spacial score (nSPS) is 10.3. The van der Waals surface area contributed by atoms with Gasteiger partial charge >= 0.3 is 0 Å². The molecule has 0 spiro atoms. The van der Waals surface area contributed by atoms with Crippen LogP contribution in [-0.2, 0) is 0 Å². The topological polar surface area (TPSA) is 98.3 Å². The number of carbonyl (C=O) groups is 1. The Hall–Kier alpha value is -3.19. The van der Waals surface area contributed by atoms with Crippen molar-refractivity contribution in [1.29, 1.82) is 0 Å². The van der Waals surface area contributed by atoms with Crippen LogP contribution in [0.5, 0.6) is 0 Å². The average Bonchev–Trinajstić information content (AvgIpc) is 2.95. The summed E-state index contributed by atoms with van der Waals surface area (Å²) in [6.07, 6.45) is 0. The minimum Gasteiger partial charge on any atom is -0.397 e. The lowest BCUT2D eigenvalue weighted by Crippen LogP contribution is -2.02. The molecule has 1 aromatic heterocycles. The maximum Gasteiger partial charge on any atom is 0.270 e. The highest BCUT2D eigenvalue weighted by Gasteiger charge is 2.18. The van der Waals surface area contributed by atoms with Crippen molar-refractivity contribution in [3.8, 4) is 0 Å². The number of nitro groups is 1. The summed E-state index contributed by atoms with van der Waals surface area (Å²) < 4.78 is 0. The molecule has 0 aliphatic rings. The van der Waals surface area contributed by atoms with E-state index in [1.807, 2.05) is 30.3 Å². The molecule has 0 unspecified atom stereocenters. The molecule has 0 radical (unpaired) electrons. The van der Waals surface area contributed by atoms with Crippen molar-refractivity contribution in [2.75, 3.05) is 11.1 Å². The molecule has 0 saturated carbocycles. The molecule has 0 saturated heterocycles. The van der Waals surface area contributed by atoms with E-state index in [1.54, 1.807) is 12.1 Å². The number of nitrogens with one attached hydrogen (secondary N) is 1. The summed E-state index contributed by atoms with van der Waals surface area (Å²) in [6.45, 7) is 0. The van der Waals surface area contributed by atoms with Crippen LogP contribution in [0.2, 0.25) is 0 Å². The number of anilines is 3. The number of benzene rings is 2. The number of carbonyl (C=O) groups excluding carboxylic acids is 1. The van der Waals surface area contributed by atoms with E-state index in [4.69, 9.17) is 5.73 Å². The number of nitro benzene ring substituents is 1. The number of hydrogen-bond donors (Lipinski definition) is 2. The minimum atomic E-state index is -0.531. The zero-order valence-corrected chi connectivity index (χ0v) is 13.2. The first kappa shape index (κ1) is 15.7. The second-order valence-corrected chi connectivity index (χ2v) is 6.07. The van der Waals surface area contributed by atoms with Crippen LogP contribution in [0.15, 0.2) is 60.7 Å².